The number of nitrogens with zero attached hydrogens (tertiary/aromatic N) is 2. The fourth-order valence-corrected chi connectivity index (χ4v) is 5.16. The van der Waals surface area contributed by atoms with Gasteiger partial charge in [0.1, 0.15) is 0 Å². The van der Waals surface area contributed by atoms with Gasteiger partial charge in [0.2, 0.25) is 18.1 Å². The smallest absolute Gasteiger partial charge is 0.303 e. The summed E-state index contributed by atoms with van der Waals surface area (Å²) in [6.07, 6.45) is -2.66. The first-order chi connectivity index (χ1) is 18.7. The largest absolute Gasteiger partial charge is 0.448 e. The van der Waals surface area contributed by atoms with E-state index in [4.69, 9.17) is 9.47 Å². The zero-order valence-electron chi connectivity index (χ0n) is 22.3. The third-order valence-electron chi connectivity index (χ3n) is 7.06. The van der Waals surface area contributed by atoms with Crippen molar-refractivity contribution in [1.82, 2.24) is 15.1 Å². The highest BCUT2D eigenvalue weighted by Crippen LogP contribution is 2.30. The highest BCUT2D eigenvalue weighted by molar-refractivity contribution is 5.94. The molecule has 2 heterocycles. The Bertz CT molecular complexity index is 1250. The van der Waals surface area contributed by atoms with Crippen molar-refractivity contribution in [2.75, 3.05) is 19.6 Å². The van der Waals surface area contributed by atoms with E-state index in [1.807, 2.05) is 55.5 Å². The summed E-state index contributed by atoms with van der Waals surface area (Å²) < 4.78 is 10.5. The standard InChI is InChI=1S/C29H33N3O7/c1-18-8-4-7-11-23(18)24-12-14-31(28(24)36)15-13-30-27(35)25(38-19(2)33)26(39-20(3)34)29(37)32-16-21-9-5-6-10-22(21)17-32/h4-11,24-26H,12-17H2,1-3H3,(H,30,35)/t24?,25-,26+/m0/s1. The highest BCUT2D eigenvalue weighted by Gasteiger charge is 2.42. The zero-order valence-corrected chi connectivity index (χ0v) is 22.3. The van der Waals surface area contributed by atoms with E-state index < -0.39 is 36.0 Å². The molecule has 0 aliphatic carbocycles. The lowest BCUT2D eigenvalue weighted by atomic mass is 9.94. The van der Waals surface area contributed by atoms with E-state index >= 15 is 0 Å². The van der Waals surface area contributed by atoms with Crippen LogP contribution in [0.3, 0.4) is 0 Å². The monoisotopic (exact) mass is 535 g/mol. The third-order valence-corrected chi connectivity index (χ3v) is 7.06. The number of ether oxygens (including phenoxy) is 2. The van der Waals surface area contributed by atoms with Crippen molar-refractivity contribution < 1.29 is 33.4 Å². The Morgan fingerprint density at radius 1 is 0.923 bits per heavy atom. The van der Waals surface area contributed by atoms with E-state index in [1.54, 1.807) is 4.90 Å². The summed E-state index contributed by atoms with van der Waals surface area (Å²) in [5.41, 5.74) is 3.94. The zero-order chi connectivity index (χ0) is 28.1. The van der Waals surface area contributed by atoms with Crippen LogP contribution in [0.2, 0.25) is 0 Å². The second-order valence-corrected chi connectivity index (χ2v) is 9.84. The van der Waals surface area contributed by atoms with Gasteiger partial charge in [0.15, 0.2) is 0 Å². The predicted octanol–water partition coefficient (Wildman–Crippen LogP) is 1.83. The minimum atomic E-state index is -1.68. The summed E-state index contributed by atoms with van der Waals surface area (Å²) in [5, 5.41) is 2.65. The molecule has 0 aromatic heterocycles. The maximum atomic E-state index is 13.4. The van der Waals surface area contributed by atoms with E-state index in [1.165, 1.54) is 4.90 Å². The molecule has 1 saturated heterocycles. The van der Waals surface area contributed by atoms with Crippen molar-refractivity contribution in [3.63, 3.8) is 0 Å². The first-order valence-corrected chi connectivity index (χ1v) is 13.0. The molecule has 10 heteroatoms. The van der Waals surface area contributed by atoms with Gasteiger partial charge in [0.05, 0.1) is 5.92 Å². The average Bonchev–Trinajstić information content (AvgIpc) is 3.49. The van der Waals surface area contributed by atoms with Crippen LogP contribution in [0.1, 0.15) is 48.4 Å². The molecule has 0 spiro atoms. The number of nitrogens with one attached hydrogen (secondary N) is 1. The number of hydrogen-bond donors (Lipinski definition) is 1. The SMILES string of the molecule is CC(=O)O[C@H](C(=O)NCCN1CCC(c2ccccc2C)C1=O)[C@@H](OC(C)=O)C(=O)N1Cc2ccccc2C1. The molecule has 2 aromatic rings. The van der Waals surface area contributed by atoms with Gasteiger partial charge < -0.3 is 24.6 Å². The summed E-state index contributed by atoms with van der Waals surface area (Å²) in [4.78, 5) is 66.5. The first-order valence-electron chi connectivity index (χ1n) is 13.0. The van der Waals surface area contributed by atoms with Crippen molar-refractivity contribution in [2.45, 2.75) is 58.4 Å². The van der Waals surface area contributed by atoms with Crippen LogP contribution in [0.15, 0.2) is 48.5 Å². The van der Waals surface area contributed by atoms with E-state index in [-0.39, 0.29) is 38.0 Å². The molecule has 39 heavy (non-hydrogen) atoms. The lowest BCUT2D eigenvalue weighted by Crippen LogP contribution is -2.54. The summed E-state index contributed by atoms with van der Waals surface area (Å²) >= 11 is 0. The molecule has 1 N–H and O–H groups in total. The Hall–Kier alpha value is -4.21. The Morgan fingerprint density at radius 3 is 2.13 bits per heavy atom. The van der Waals surface area contributed by atoms with Crippen LogP contribution in [0.25, 0.3) is 0 Å². The van der Waals surface area contributed by atoms with Crippen LogP contribution in [0.5, 0.6) is 0 Å². The normalized spacial score (nSPS) is 17.8. The number of aryl methyl sites for hydroxylation is 1. The van der Waals surface area contributed by atoms with Gasteiger partial charge in [0, 0.05) is 46.6 Å². The Labute approximate surface area is 227 Å². The topological polar surface area (TPSA) is 122 Å². The van der Waals surface area contributed by atoms with Crippen molar-refractivity contribution in [1.29, 1.82) is 0 Å². The van der Waals surface area contributed by atoms with Gasteiger partial charge in [-0.05, 0) is 35.6 Å². The van der Waals surface area contributed by atoms with E-state index in [0.29, 0.717) is 13.0 Å². The number of likely N-dealkylation sites (tertiary alicyclic amines) is 1. The van der Waals surface area contributed by atoms with Gasteiger partial charge >= 0.3 is 11.9 Å². The average molecular weight is 536 g/mol. The molecule has 1 fully saturated rings. The number of carbonyl (C=O) groups is 5. The third kappa shape index (κ3) is 6.45. The molecule has 2 aromatic carbocycles. The fourth-order valence-electron chi connectivity index (χ4n) is 5.16. The predicted molar refractivity (Wildman–Crippen MR) is 140 cm³/mol. The van der Waals surface area contributed by atoms with Crippen molar-refractivity contribution >= 4 is 29.7 Å². The van der Waals surface area contributed by atoms with Gasteiger partial charge in [-0.1, -0.05) is 48.5 Å². The number of carbonyl (C=O) groups excluding carboxylic acids is 5. The molecule has 0 saturated carbocycles. The molecule has 1 unspecified atom stereocenters. The van der Waals surface area contributed by atoms with Gasteiger partial charge in [-0.3, -0.25) is 24.0 Å². The summed E-state index contributed by atoms with van der Waals surface area (Å²) in [6.45, 7) is 5.61. The molecule has 2 aliphatic rings. The van der Waals surface area contributed by atoms with Crippen LogP contribution >= 0.6 is 0 Å². The van der Waals surface area contributed by atoms with Crippen LogP contribution in [-0.4, -0.2) is 71.3 Å². The molecule has 2 aliphatic heterocycles. The minimum absolute atomic E-state index is 0.0170. The molecule has 0 bridgehead atoms. The molecule has 3 atom stereocenters. The number of amides is 3. The quantitative estimate of drug-likeness (QED) is 0.486. The van der Waals surface area contributed by atoms with Crippen LogP contribution in [0.4, 0.5) is 0 Å². The molecule has 206 valence electrons. The van der Waals surface area contributed by atoms with Crippen molar-refractivity contribution in [3.05, 3.63) is 70.8 Å². The molecule has 3 amide bonds. The van der Waals surface area contributed by atoms with E-state index in [0.717, 1.165) is 36.1 Å². The molecular weight excluding hydrogens is 502 g/mol. The van der Waals surface area contributed by atoms with Crippen LogP contribution in [0, 0.1) is 6.92 Å². The number of benzene rings is 2. The number of hydrogen-bond acceptors (Lipinski definition) is 7. The lowest BCUT2D eigenvalue weighted by molar-refractivity contribution is -0.178. The first kappa shape index (κ1) is 27.8. The molecule has 4 rings (SSSR count). The fraction of sp³-hybridized carbons (Fsp3) is 0.414. The summed E-state index contributed by atoms with van der Waals surface area (Å²) in [6, 6.07) is 15.3. The van der Waals surface area contributed by atoms with E-state index in [2.05, 4.69) is 5.32 Å². The molecule has 10 nitrogen and oxygen atoms in total. The number of fused-ring (bicyclic) bond motifs is 1. The maximum absolute atomic E-state index is 13.4. The van der Waals surface area contributed by atoms with Crippen molar-refractivity contribution in [2.24, 2.45) is 0 Å². The Morgan fingerprint density at radius 2 is 1.51 bits per heavy atom. The van der Waals surface area contributed by atoms with E-state index in [9.17, 15) is 24.0 Å². The van der Waals surface area contributed by atoms with Crippen LogP contribution < -0.4 is 5.32 Å². The molecular formula is C29H33N3O7. The Kier molecular flexibility index (Phi) is 8.63. The maximum Gasteiger partial charge on any atom is 0.303 e. The number of rotatable bonds is 9. The lowest BCUT2D eigenvalue weighted by Gasteiger charge is -2.28. The Balaban J connectivity index is 1.41. The second kappa shape index (κ2) is 12.1. The molecule has 0 radical (unpaired) electrons. The van der Waals surface area contributed by atoms with Gasteiger partial charge in [0.25, 0.3) is 11.8 Å². The minimum Gasteiger partial charge on any atom is -0.448 e. The van der Waals surface area contributed by atoms with Gasteiger partial charge in [-0.25, -0.2) is 0 Å². The number of esters is 2. The second-order valence-electron chi connectivity index (χ2n) is 9.84. The highest BCUT2D eigenvalue weighted by atomic mass is 16.6. The van der Waals surface area contributed by atoms with Gasteiger partial charge in [-0.15, -0.1) is 0 Å². The van der Waals surface area contributed by atoms with Crippen molar-refractivity contribution in [3.8, 4) is 0 Å². The van der Waals surface area contributed by atoms with Gasteiger partial charge in [-0.2, -0.15) is 0 Å². The van der Waals surface area contributed by atoms with Crippen LogP contribution in [-0.2, 0) is 46.5 Å². The summed E-state index contributed by atoms with van der Waals surface area (Å²) in [5.74, 6) is -3.27. The summed E-state index contributed by atoms with van der Waals surface area (Å²) in [7, 11) is 0.